The van der Waals surface area contributed by atoms with Crippen molar-refractivity contribution in [3.8, 4) is 0 Å². The lowest BCUT2D eigenvalue weighted by Crippen LogP contribution is -2.45. The molecular weight excluding hydrogens is 488 g/mol. The second-order valence-electron chi connectivity index (χ2n) is 11.8. The highest BCUT2D eigenvalue weighted by Crippen LogP contribution is 2.43. The van der Waals surface area contributed by atoms with E-state index in [-0.39, 0.29) is 62.1 Å². The number of amides is 1. The van der Waals surface area contributed by atoms with Gasteiger partial charge in [-0.1, -0.05) is 44.2 Å². The van der Waals surface area contributed by atoms with Crippen LogP contribution in [0.25, 0.3) is 0 Å². The Hall–Kier alpha value is -2.39. The molecule has 1 aromatic heterocycles. The Morgan fingerprint density at radius 1 is 1.05 bits per heavy atom. The number of aliphatic hydroxyl groups is 1. The van der Waals surface area contributed by atoms with Gasteiger partial charge in [0.1, 0.15) is 12.4 Å². The Morgan fingerprint density at radius 3 is 2.32 bits per heavy atom. The Labute approximate surface area is 224 Å². The van der Waals surface area contributed by atoms with Gasteiger partial charge in [-0.25, -0.2) is 8.78 Å². The van der Waals surface area contributed by atoms with Crippen LogP contribution in [0.15, 0.2) is 30.3 Å². The zero-order chi connectivity index (χ0) is 26.9. The summed E-state index contributed by atoms with van der Waals surface area (Å²) in [5, 5.41) is 21.7. The van der Waals surface area contributed by atoms with Gasteiger partial charge in [-0.2, -0.15) is 0 Å². The molecular formula is C29H41F2N5O2. The number of rotatable bonds is 9. The predicted molar refractivity (Wildman–Crippen MR) is 141 cm³/mol. The van der Waals surface area contributed by atoms with Crippen LogP contribution in [0.5, 0.6) is 0 Å². The zero-order valence-corrected chi connectivity index (χ0v) is 22.5. The molecule has 3 unspecified atom stereocenters. The number of nitrogens with zero attached hydrogens (tertiary/aromatic N) is 4. The van der Waals surface area contributed by atoms with Gasteiger partial charge in [0.25, 0.3) is 0 Å². The Balaban J connectivity index is 1.25. The lowest BCUT2D eigenvalue weighted by molar-refractivity contribution is -0.130. The molecule has 208 valence electrons. The van der Waals surface area contributed by atoms with E-state index in [0.29, 0.717) is 17.9 Å². The number of hydrogen-bond donors (Lipinski definition) is 2. The number of carbonyl (C=O) groups excluding carboxylic acids is 1. The fourth-order valence-corrected chi connectivity index (χ4v) is 6.94. The SMILES string of the molecule is CC(C)c1nnc(CO)n1C1CC2CCC(C1)N2CCC(NC(=O)C1CCC(F)(F)CC1)c1ccccc1. The first kappa shape index (κ1) is 27.2. The molecule has 0 radical (unpaired) electrons. The van der Waals surface area contributed by atoms with E-state index in [1.807, 2.05) is 30.3 Å². The largest absolute Gasteiger partial charge is 0.388 e. The highest BCUT2D eigenvalue weighted by molar-refractivity contribution is 5.79. The second-order valence-corrected chi connectivity index (χ2v) is 11.8. The summed E-state index contributed by atoms with van der Waals surface area (Å²) in [6, 6.07) is 11.0. The maximum atomic E-state index is 13.6. The van der Waals surface area contributed by atoms with Crippen molar-refractivity contribution in [1.29, 1.82) is 0 Å². The monoisotopic (exact) mass is 529 g/mol. The third-order valence-corrected chi connectivity index (χ3v) is 8.96. The summed E-state index contributed by atoms with van der Waals surface area (Å²) in [6.07, 6.45) is 5.15. The zero-order valence-electron chi connectivity index (χ0n) is 22.5. The van der Waals surface area contributed by atoms with Gasteiger partial charge in [-0.05, 0) is 50.5 Å². The molecule has 2 N–H and O–H groups in total. The van der Waals surface area contributed by atoms with Crippen molar-refractivity contribution in [2.45, 2.75) is 114 Å². The Bertz CT molecular complexity index is 1070. The third kappa shape index (κ3) is 5.78. The molecule has 7 nitrogen and oxygen atoms in total. The Morgan fingerprint density at radius 2 is 1.71 bits per heavy atom. The molecule has 3 aliphatic rings. The number of hydrogen-bond acceptors (Lipinski definition) is 5. The first-order chi connectivity index (χ1) is 18.3. The fraction of sp³-hybridized carbons (Fsp3) is 0.690. The molecule has 5 rings (SSSR count). The average Bonchev–Trinajstić information content (AvgIpc) is 3.44. The quantitative estimate of drug-likeness (QED) is 0.470. The first-order valence-electron chi connectivity index (χ1n) is 14.3. The molecule has 3 atom stereocenters. The van der Waals surface area contributed by atoms with Gasteiger partial charge in [0.15, 0.2) is 5.82 Å². The number of piperidine rings is 1. The summed E-state index contributed by atoms with van der Waals surface area (Å²) in [5.41, 5.74) is 1.06. The smallest absolute Gasteiger partial charge is 0.248 e. The number of aromatic nitrogens is 3. The first-order valence-corrected chi connectivity index (χ1v) is 14.3. The van der Waals surface area contributed by atoms with Gasteiger partial charge in [-0.15, -0.1) is 10.2 Å². The molecule has 3 heterocycles. The molecule has 0 spiro atoms. The summed E-state index contributed by atoms with van der Waals surface area (Å²) in [5.74, 6) is -1.24. The Kier molecular flexibility index (Phi) is 8.14. The lowest BCUT2D eigenvalue weighted by Gasteiger charge is -2.41. The molecule has 1 amide bonds. The normalized spacial score (nSPS) is 26.5. The molecule has 1 saturated carbocycles. The van der Waals surface area contributed by atoms with Gasteiger partial charge >= 0.3 is 0 Å². The van der Waals surface area contributed by atoms with Crippen LogP contribution in [0.3, 0.4) is 0 Å². The van der Waals surface area contributed by atoms with Crippen molar-refractivity contribution >= 4 is 5.91 Å². The van der Waals surface area contributed by atoms with Crippen LogP contribution in [-0.2, 0) is 11.4 Å². The minimum Gasteiger partial charge on any atom is -0.388 e. The highest BCUT2D eigenvalue weighted by atomic mass is 19.3. The van der Waals surface area contributed by atoms with Crippen LogP contribution in [0, 0.1) is 5.92 Å². The van der Waals surface area contributed by atoms with Gasteiger partial charge in [0.2, 0.25) is 11.8 Å². The van der Waals surface area contributed by atoms with Crippen LogP contribution >= 0.6 is 0 Å². The molecule has 3 fully saturated rings. The molecule has 2 aromatic rings. The standard InChI is InChI=1S/C29H41F2N5O2/c1-19(2)27-34-33-26(18-37)36(27)24-16-22-8-9-23(17-24)35(22)15-12-25(20-6-4-3-5-7-20)32-28(38)21-10-13-29(30,31)14-11-21/h3-7,19,21-25,37H,8-18H2,1-2H3,(H,32,38). The number of benzene rings is 1. The summed E-state index contributed by atoms with van der Waals surface area (Å²) >= 11 is 0. The van der Waals surface area contributed by atoms with Gasteiger partial charge in [0, 0.05) is 49.3 Å². The summed E-state index contributed by atoms with van der Waals surface area (Å²) in [6.45, 7) is 4.99. The fourth-order valence-electron chi connectivity index (χ4n) is 6.94. The van der Waals surface area contributed by atoms with E-state index in [1.165, 1.54) is 0 Å². The van der Waals surface area contributed by atoms with Crippen LogP contribution in [0.2, 0.25) is 0 Å². The summed E-state index contributed by atoms with van der Waals surface area (Å²) < 4.78 is 29.5. The lowest BCUT2D eigenvalue weighted by atomic mass is 9.86. The van der Waals surface area contributed by atoms with Crippen molar-refractivity contribution in [3.05, 3.63) is 47.5 Å². The number of alkyl halides is 2. The highest BCUT2D eigenvalue weighted by Gasteiger charge is 2.43. The molecule has 2 aliphatic heterocycles. The third-order valence-electron chi connectivity index (χ3n) is 8.96. The van der Waals surface area contributed by atoms with Crippen LogP contribution in [0.4, 0.5) is 8.78 Å². The average molecular weight is 530 g/mol. The minimum absolute atomic E-state index is 0.0959. The van der Waals surface area contributed by atoms with Gasteiger partial charge < -0.3 is 15.0 Å². The minimum atomic E-state index is -2.64. The van der Waals surface area contributed by atoms with Crippen LogP contribution in [-0.4, -0.2) is 55.2 Å². The molecule has 1 aromatic carbocycles. The maximum absolute atomic E-state index is 13.6. The van der Waals surface area contributed by atoms with Crippen molar-refractivity contribution < 1.29 is 18.7 Å². The topological polar surface area (TPSA) is 83.3 Å². The van der Waals surface area contributed by atoms with Gasteiger partial charge in [-0.3, -0.25) is 9.69 Å². The number of halogens is 2. The van der Waals surface area contributed by atoms with Crippen molar-refractivity contribution in [2.75, 3.05) is 6.54 Å². The predicted octanol–water partition coefficient (Wildman–Crippen LogP) is 5.13. The van der Waals surface area contributed by atoms with E-state index >= 15 is 0 Å². The van der Waals surface area contributed by atoms with E-state index in [2.05, 4.69) is 38.8 Å². The molecule has 1 aliphatic carbocycles. The number of fused-ring (bicyclic) bond motifs is 2. The number of aliphatic hydroxyl groups excluding tert-OH is 1. The van der Waals surface area contributed by atoms with E-state index in [1.54, 1.807) is 0 Å². The number of carbonyl (C=O) groups is 1. The van der Waals surface area contributed by atoms with Crippen molar-refractivity contribution in [2.24, 2.45) is 5.92 Å². The molecule has 9 heteroatoms. The second kappa shape index (κ2) is 11.4. The van der Waals surface area contributed by atoms with E-state index in [0.717, 1.165) is 50.0 Å². The molecule has 2 saturated heterocycles. The van der Waals surface area contributed by atoms with E-state index in [4.69, 9.17) is 0 Å². The number of nitrogens with one attached hydrogen (secondary N) is 1. The van der Waals surface area contributed by atoms with Gasteiger partial charge in [0.05, 0.1) is 6.04 Å². The van der Waals surface area contributed by atoms with Crippen LogP contribution < -0.4 is 5.32 Å². The van der Waals surface area contributed by atoms with E-state index in [9.17, 15) is 18.7 Å². The summed E-state index contributed by atoms with van der Waals surface area (Å²) in [7, 11) is 0. The maximum Gasteiger partial charge on any atom is 0.248 e. The van der Waals surface area contributed by atoms with Crippen molar-refractivity contribution in [1.82, 2.24) is 25.0 Å². The van der Waals surface area contributed by atoms with Crippen LogP contribution in [0.1, 0.15) is 107 Å². The molecule has 2 bridgehead atoms. The van der Waals surface area contributed by atoms with E-state index < -0.39 is 5.92 Å². The summed E-state index contributed by atoms with van der Waals surface area (Å²) in [4.78, 5) is 15.7. The van der Waals surface area contributed by atoms with Crippen molar-refractivity contribution in [3.63, 3.8) is 0 Å². The molecule has 38 heavy (non-hydrogen) atoms.